The number of halogens is 1. The zero-order chi connectivity index (χ0) is 17.4. The predicted octanol–water partition coefficient (Wildman–Crippen LogP) is 3.44. The van der Waals surface area contributed by atoms with E-state index in [0.29, 0.717) is 11.9 Å². The van der Waals surface area contributed by atoms with Gasteiger partial charge in [0.05, 0.1) is 6.10 Å². The first-order valence-corrected chi connectivity index (χ1v) is 9.73. The molecule has 3 heterocycles. The monoisotopic (exact) mass is 406 g/mol. The van der Waals surface area contributed by atoms with Crippen molar-refractivity contribution in [3.8, 4) is 0 Å². The normalized spacial score (nSPS) is 22.0. The highest BCUT2D eigenvalue weighted by Crippen LogP contribution is 2.29. The first kappa shape index (κ1) is 17.1. The van der Waals surface area contributed by atoms with Crippen molar-refractivity contribution in [3.05, 3.63) is 34.0 Å². The van der Waals surface area contributed by atoms with Crippen molar-refractivity contribution >= 4 is 32.8 Å². The molecule has 2 fully saturated rings. The topological polar surface area (TPSA) is 45.9 Å². The Hall–Kier alpha value is -1.37. The highest BCUT2D eigenvalue weighted by Gasteiger charge is 2.28. The quantitative estimate of drug-likeness (QED) is 0.782. The maximum absolute atomic E-state index is 12.9. The van der Waals surface area contributed by atoms with Crippen LogP contribution in [0.1, 0.15) is 29.0 Å². The number of benzene rings is 1. The van der Waals surface area contributed by atoms with Crippen molar-refractivity contribution in [2.45, 2.75) is 25.9 Å². The molecule has 0 spiro atoms. The summed E-state index contributed by atoms with van der Waals surface area (Å²) in [7, 11) is 0. The van der Waals surface area contributed by atoms with Crippen LogP contribution in [0, 0.1) is 6.92 Å². The van der Waals surface area contributed by atoms with E-state index in [1.54, 1.807) is 0 Å². The zero-order valence-corrected chi connectivity index (χ0v) is 16.0. The number of aryl methyl sites for hydroxylation is 1. The van der Waals surface area contributed by atoms with Crippen LogP contribution in [0.2, 0.25) is 0 Å². The van der Waals surface area contributed by atoms with Crippen molar-refractivity contribution in [2.24, 2.45) is 0 Å². The fourth-order valence-corrected chi connectivity index (χ4v) is 4.11. The van der Waals surface area contributed by atoms with Crippen LogP contribution >= 0.6 is 15.9 Å². The van der Waals surface area contributed by atoms with Crippen LogP contribution in [0.15, 0.2) is 27.1 Å². The van der Waals surface area contributed by atoms with Crippen LogP contribution in [0.25, 0.3) is 11.0 Å². The molecule has 4 rings (SSSR count). The standard InChI is InChI=1S/C19H23BrN2O3/c1-13-16-11-14(20)4-5-17(16)25-18(13)19(23)22-8-6-21(7-9-22)12-15-3-2-10-24-15/h4-5,11,15H,2-3,6-10,12H2,1H3. The van der Waals surface area contributed by atoms with Gasteiger partial charge in [-0.25, -0.2) is 0 Å². The summed E-state index contributed by atoms with van der Waals surface area (Å²) in [4.78, 5) is 17.2. The number of furan rings is 1. The molecule has 2 saturated heterocycles. The number of amides is 1. The van der Waals surface area contributed by atoms with Crippen LogP contribution in [0.3, 0.4) is 0 Å². The Morgan fingerprint density at radius 3 is 2.80 bits per heavy atom. The average Bonchev–Trinajstić information content (AvgIpc) is 3.23. The van der Waals surface area contributed by atoms with E-state index in [9.17, 15) is 4.79 Å². The summed E-state index contributed by atoms with van der Waals surface area (Å²) < 4.78 is 12.6. The van der Waals surface area contributed by atoms with Gasteiger partial charge in [-0.05, 0) is 38.0 Å². The smallest absolute Gasteiger partial charge is 0.289 e. The minimum atomic E-state index is 0.00147. The van der Waals surface area contributed by atoms with Gasteiger partial charge < -0.3 is 14.1 Å². The van der Waals surface area contributed by atoms with Crippen molar-refractivity contribution in [1.82, 2.24) is 9.80 Å². The fraction of sp³-hybridized carbons (Fsp3) is 0.526. The Bertz CT molecular complexity index is 774. The minimum Gasteiger partial charge on any atom is -0.451 e. The molecule has 1 unspecified atom stereocenters. The molecule has 0 bridgehead atoms. The molecule has 2 aliphatic heterocycles. The SMILES string of the molecule is Cc1c(C(=O)N2CCN(CC3CCCO3)CC2)oc2ccc(Br)cc12. The number of piperazine rings is 1. The Balaban J connectivity index is 1.42. The van der Waals surface area contributed by atoms with Gasteiger partial charge in [0.1, 0.15) is 5.58 Å². The van der Waals surface area contributed by atoms with E-state index in [0.717, 1.165) is 66.8 Å². The van der Waals surface area contributed by atoms with E-state index >= 15 is 0 Å². The third-order valence-electron chi connectivity index (χ3n) is 5.24. The molecule has 1 amide bonds. The van der Waals surface area contributed by atoms with E-state index in [-0.39, 0.29) is 5.91 Å². The number of hydrogen-bond donors (Lipinski definition) is 0. The van der Waals surface area contributed by atoms with E-state index in [1.807, 2.05) is 30.0 Å². The van der Waals surface area contributed by atoms with Crippen LogP contribution in [0.4, 0.5) is 0 Å². The molecular weight excluding hydrogens is 384 g/mol. The predicted molar refractivity (Wildman–Crippen MR) is 100.0 cm³/mol. The lowest BCUT2D eigenvalue weighted by atomic mass is 10.1. The highest BCUT2D eigenvalue weighted by atomic mass is 79.9. The molecule has 0 aliphatic carbocycles. The van der Waals surface area contributed by atoms with Crippen LogP contribution in [-0.4, -0.2) is 61.1 Å². The molecule has 2 aromatic rings. The van der Waals surface area contributed by atoms with Crippen LogP contribution in [-0.2, 0) is 4.74 Å². The van der Waals surface area contributed by atoms with Crippen molar-refractivity contribution in [1.29, 1.82) is 0 Å². The number of nitrogens with zero attached hydrogens (tertiary/aromatic N) is 2. The molecular formula is C19H23BrN2O3. The second-order valence-corrected chi connectivity index (χ2v) is 7.84. The first-order valence-electron chi connectivity index (χ1n) is 8.94. The lowest BCUT2D eigenvalue weighted by molar-refractivity contribution is 0.0417. The molecule has 1 aromatic carbocycles. The van der Waals surface area contributed by atoms with Gasteiger partial charge in [0.15, 0.2) is 5.76 Å². The van der Waals surface area contributed by atoms with Crippen molar-refractivity contribution < 1.29 is 13.9 Å². The average molecular weight is 407 g/mol. The summed E-state index contributed by atoms with van der Waals surface area (Å²) in [6.45, 7) is 7.12. The highest BCUT2D eigenvalue weighted by molar-refractivity contribution is 9.10. The second-order valence-electron chi connectivity index (χ2n) is 6.92. The van der Waals surface area contributed by atoms with E-state index in [2.05, 4.69) is 20.8 Å². The Labute approximate surface area is 156 Å². The Morgan fingerprint density at radius 2 is 2.08 bits per heavy atom. The van der Waals surface area contributed by atoms with E-state index in [1.165, 1.54) is 6.42 Å². The van der Waals surface area contributed by atoms with Gasteiger partial charge in [-0.1, -0.05) is 15.9 Å². The van der Waals surface area contributed by atoms with Gasteiger partial charge in [0, 0.05) is 54.8 Å². The summed E-state index contributed by atoms with van der Waals surface area (Å²) in [6, 6.07) is 5.84. The van der Waals surface area contributed by atoms with Gasteiger partial charge in [-0.3, -0.25) is 9.69 Å². The maximum atomic E-state index is 12.9. The fourth-order valence-electron chi connectivity index (χ4n) is 3.75. The minimum absolute atomic E-state index is 0.00147. The molecule has 5 nitrogen and oxygen atoms in total. The maximum Gasteiger partial charge on any atom is 0.289 e. The lowest BCUT2D eigenvalue weighted by Gasteiger charge is -2.35. The van der Waals surface area contributed by atoms with Crippen molar-refractivity contribution in [2.75, 3.05) is 39.3 Å². The van der Waals surface area contributed by atoms with Crippen LogP contribution < -0.4 is 0 Å². The zero-order valence-electron chi connectivity index (χ0n) is 14.5. The summed E-state index contributed by atoms with van der Waals surface area (Å²) in [5, 5.41) is 0.995. The summed E-state index contributed by atoms with van der Waals surface area (Å²) in [6.07, 6.45) is 2.70. The number of carbonyl (C=O) groups is 1. The summed E-state index contributed by atoms with van der Waals surface area (Å²) in [5.41, 5.74) is 1.68. The summed E-state index contributed by atoms with van der Waals surface area (Å²) >= 11 is 3.48. The molecule has 0 N–H and O–H groups in total. The van der Waals surface area contributed by atoms with Crippen molar-refractivity contribution in [3.63, 3.8) is 0 Å². The molecule has 0 saturated carbocycles. The molecule has 0 radical (unpaired) electrons. The number of fused-ring (bicyclic) bond motifs is 1. The Kier molecular flexibility index (Phi) is 4.84. The molecule has 6 heteroatoms. The molecule has 25 heavy (non-hydrogen) atoms. The first-order chi connectivity index (χ1) is 12.1. The summed E-state index contributed by atoms with van der Waals surface area (Å²) in [5.74, 6) is 0.474. The molecule has 134 valence electrons. The number of ether oxygens (including phenoxy) is 1. The number of carbonyl (C=O) groups excluding carboxylic acids is 1. The van der Waals surface area contributed by atoms with E-state index < -0.39 is 0 Å². The molecule has 1 aromatic heterocycles. The van der Waals surface area contributed by atoms with Gasteiger partial charge in [0.2, 0.25) is 0 Å². The third-order valence-corrected chi connectivity index (χ3v) is 5.73. The lowest BCUT2D eigenvalue weighted by Crippen LogP contribution is -2.50. The van der Waals surface area contributed by atoms with E-state index in [4.69, 9.17) is 9.15 Å². The number of hydrogen-bond acceptors (Lipinski definition) is 4. The van der Waals surface area contributed by atoms with Crippen LogP contribution in [0.5, 0.6) is 0 Å². The molecule has 2 aliphatic rings. The Morgan fingerprint density at radius 1 is 1.28 bits per heavy atom. The van der Waals surface area contributed by atoms with Gasteiger partial charge >= 0.3 is 0 Å². The third kappa shape index (κ3) is 3.48. The second kappa shape index (κ2) is 7.09. The largest absolute Gasteiger partial charge is 0.451 e. The van der Waals surface area contributed by atoms with Gasteiger partial charge in [-0.15, -0.1) is 0 Å². The number of rotatable bonds is 3. The molecule has 1 atom stereocenters. The van der Waals surface area contributed by atoms with Gasteiger partial charge in [0.25, 0.3) is 5.91 Å². The van der Waals surface area contributed by atoms with Gasteiger partial charge in [-0.2, -0.15) is 0 Å².